The second-order valence-electron chi connectivity index (χ2n) is 8.55. The molecule has 1 saturated heterocycles. The first kappa shape index (κ1) is 19.3. The molecule has 0 saturated carbocycles. The van der Waals surface area contributed by atoms with Gasteiger partial charge in [0.2, 0.25) is 0 Å². The van der Waals surface area contributed by atoms with Gasteiger partial charge in [0.05, 0.1) is 34.7 Å². The van der Waals surface area contributed by atoms with Gasteiger partial charge in [0, 0.05) is 30.8 Å². The van der Waals surface area contributed by atoms with Crippen molar-refractivity contribution in [2.45, 2.75) is 38.1 Å². The lowest BCUT2D eigenvalue weighted by Gasteiger charge is -2.45. The Morgan fingerprint density at radius 2 is 1.90 bits per heavy atom. The molecule has 0 unspecified atom stereocenters. The van der Waals surface area contributed by atoms with E-state index in [1.807, 2.05) is 23.4 Å². The van der Waals surface area contributed by atoms with E-state index in [1.165, 1.54) is 0 Å². The van der Waals surface area contributed by atoms with Crippen molar-refractivity contribution in [1.29, 1.82) is 5.26 Å². The van der Waals surface area contributed by atoms with Crippen LogP contribution in [0.4, 0.5) is 5.69 Å². The summed E-state index contributed by atoms with van der Waals surface area (Å²) >= 11 is 0. The Balaban J connectivity index is 1.44. The number of anilines is 1. The average Bonchev–Trinajstić information content (AvgIpc) is 3.26. The van der Waals surface area contributed by atoms with Gasteiger partial charge in [-0.2, -0.15) is 5.26 Å². The van der Waals surface area contributed by atoms with Crippen LogP contribution in [0.15, 0.2) is 48.8 Å². The Hall–Kier alpha value is -3.66. The van der Waals surface area contributed by atoms with Crippen LogP contribution in [-0.2, 0) is 5.54 Å². The van der Waals surface area contributed by atoms with Gasteiger partial charge in [-0.05, 0) is 49.2 Å². The molecule has 3 aromatic rings. The number of hydrogen-bond donors (Lipinski definition) is 1. The minimum atomic E-state index is -0.280. The van der Waals surface area contributed by atoms with E-state index in [2.05, 4.69) is 40.9 Å². The zero-order chi connectivity index (χ0) is 21.6. The summed E-state index contributed by atoms with van der Waals surface area (Å²) in [7, 11) is 0. The lowest BCUT2D eigenvalue weighted by molar-refractivity contribution is 0.0676. The number of carbonyl (C=O) groups is 1. The quantitative estimate of drug-likeness (QED) is 0.691. The molecule has 0 atom stereocenters. The maximum atomic E-state index is 13.0. The molecule has 7 heteroatoms. The molecule has 31 heavy (non-hydrogen) atoms. The van der Waals surface area contributed by atoms with E-state index in [0.29, 0.717) is 24.2 Å². The van der Waals surface area contributed by atoms with Crippen LogP contribution in [-0.4, -0.2) is 38.4 Å². The highest BCUT2D eigenvalue weighted by molar-refractivity contribution is 5.94. The predicted octanol–water partition coefficient (Wildman–Crippen LogP) is 3.82. The maximum absolute atomic E-state index is 13.0. The highest BCUT2D eigenvalue weighted by atomic mass is 16.2. The summed E-state index contributed by atoms with van der Waals surface area (Å²) in [5.74, 6) is 2.18. The Morgan fingerprint density at radius 1 is 1.16 bits per heavy atom. The minimum Gasteiger partial charge on any atom is -0.371 e. The van der Waals surface area contributed by atoms with Gasteiger partial charge in [0.15, 0.2) is 5.82 Å². The van der Waals surface area contributed by atoms with Gasteiger partial charge in [-0.15, -0.1) is 0 Å². The number of nitriles is 1. The number of benzene rings is 1. The van der Waals surface area contributed by atoms with Crippen LogP contribution in [0.3, 0.4) is 0 Å². The number of aromatic nitrogens is 3. The van der Waals surface area contributed by atoms with Crippen molar-refractivity contribution in [2.75, 3.05) is 18.4 Å². The average molecular weight is 412 g/mol. The van der Waals surface area contributed by atoms with Crippen molar-refractivity contribution in [3.63, 3.8) is 0 Å². The van der Waals surface area contributed by atoms with Gasteiger partial charge in [0.1, 0.15) is 5.82 Å². The number of hydrogen-bond acceptors (Lipinski definition) is 5. The maximum Gasteiger partial charge on any atom is 0.253 e. The van der Waals surface area contributed by atoms with Gasteiger partial charge >= 0.3 is 0 Å². The number of pyridine rings is 1. The van der Waals surface area contributed by atoms with E-state index < -0.39 is 0 Å². The van der Waals surface area contributed by atoms with E-state index in [9.17, 15) is 4.79 Å². The standard InChI is InChI=1S/C24H24N6O/c1-16(2)21-27-15-20-24(28-19-4-3-11-26-22(19)30(20)21)9-12-29(13-10-24)23(31)18-7-5-17(14-25)6-8-18/h3-8,11,15-16,28H,9-10,12-13H2,1-2H3. The van der Waals surface area contributed by atoms with Crippen LogP contribution in [0, 0.1) is 11.3 Å². The highest BCUT2D eigenvalue weighted by Crippen LogP contribution is 2.44. The molecule has 0 bridgehead atoms. The Bertz CT molecular complexity index is 1180. The number of imidazole rings is 1. The summed E-state index contributed by atoms with van der Waals surface area (Å²) in [5, 5.41) is 12.7. The van der Waals surface area contributed by atoms with Crippen molar-refractivity contribution >= 4 is 11.6 Å². The zero-order valence-corrected chi connectivity index (χ0v) is 17.7. The van der Waals surface area contributed by atoms with Crippen molar-refractivity contribution in [3.05, 3.63) is 71.4 Å². The van der Waals surface area contributed by atoms with E-state index in [4.69, 9.17) is 10.2 Å². The van der Waals surface area contributed by atoms with Crippen LogP contribution in [0.2, 0.25) is 0 Å². The molecule has 1 spiro atoms. The lowest BCUT2D eigenvalue weighted by Crippen LogP contribution is -2.51. The molecule has 7 nitrogen and oxygen atoms in total. The number of amides is 1. The topological polar surface area (TPSA) is 86.8 Å². The predicted molar refractivity (Wildman–Crippen MR) is 117 cm³/mol. The number of piperidine rings is 1. The largest absolute Gasteiger partial charge is 0.371 e. The van der Waals surface area contributed by atoms with E-state index in [-0.39, 0.29) is 17.4 Å². The number of rotatable bonds is 2. The molecule has 156 valence electrons. The third-order valence-electron chi connectivity index (χ3n) is 6.33. The summed E-state index contributed by atoms with van der Waals surface area (Å²) in [6.45, 7) is 5.57. The Kier molecular flexibility index (Phi) is 4.51. The number of fused-ring (bicyclic) bond motifs is 4. The summed E-state index contributed by atoms with van der Waals surface area (Å²) < 4.78 is 2.20. The molecule has 2 aromatic heterocycles. The third-order valence-corrected chi connectivity index (χ3v) is 6.33. The second kappa shape index (κ2) is 7.24. The number of carbonyl (C=O) groups excluding carboxylic acids is 1. The van der Waals surface area contributed by atoms with Crippen LogP contribution in [0.25, 0.3) is 5.82 Å². The summed E-state index contributed by atoms with van der Waals surface area (Å²) in [4.78, 5) is 24.3. The van der Waals surface area contributed by atoms with Crippen LogP contribution < -0.4 is 5.32 Å². The molecule has 0 radical (unpaired) electrons. The molecule has 1 amide bonds. The van der Waals surface area contributed by atoms with Crippen molar-refractivity contribution in [1.82, 2.24) is 19.4 Å². The van der Waals surface area contributed by atoms with Crippen LogP contribution in [0.1, 0.15) is 60.0 Å². The fourth-order valence-corrected chi connectivity index (χ4v) is 4.67. The first-order valence-corrected chi connectivity index (χ1v) is 10.6. The van der Waals surface area contributed by atoms with Gasteiger partial charge < -0.3 is 10.2 Å². The molecular formula is C24H24N6O. The normalized spacial score (nSPS) is 16.4. The molecule has 4 heterocycles. The molecule has 1 aromatic carbocycles. The van der Waals surface area contributed by atoms with Gasteiger partial charge in [-0.1, -0.05) is 13.8 Å². The number of nitrogens with one attached hydrogen (secondary N) is 1. The summed E-state index contributed by atoms with van der Waals surface area (Å²) in [5.41, 5.74) is 3.02. The first-order chi connectivity index (χ1) is 15.0. The number of nitrogens with zero attached hydrogens (tertiary/aromatic N) is 5. The molecule has 2 aliphatic rings. The molecule has 0 aliphatic carbocycles. The smallest absolute Gasteiger partial charge is 0.253 e. The fraction of sp³-hybridized carbons (Fsp3) is 0.333. The third kappa shape index (κ3) is 3.07. The summed E-state index contributed by atoms with van der Waals surface area (Å²) in [6, 6.07) is 12.9. The van der Waals surface area contributed by atoms with E-state index in [0.717, 1.165) is 35.9 Å². The minimum absolute atomic E-state index is 0.00796. The monoisotopic (exact) mass is 412 g/mol. The first-order valence-electron chi connectivity index (χ1n) is 10.6. The van der Waals surface area contributed by atoms with Crippen LogP contribution >= 0.6 is 0 Å². The second-order valence-corrected chi connectivity index (χ2v) is 8.55. The fourth-order valence-electron chi connectivity index (χ4n) is 4.67. The molecular weight excluding hydrogens is 388 g/mol. The van der Waals surface area contributed by atoms with Gasteiger partial charge in [-0.25, -0.2) is 9.97 Å². The number of likely N-dealkylation sites (tertiary alicyclic amines) is 1. The lowest BCUT2D eigenvalue weighted by atomic mass is 9.82. The van der Waals surface area contributed by atoms with E-state index >= 15 is 0 Å². The SMILES string of the molecule is CC(C)c1ncc2n1-c1ncccc1NC21CCN(C(=O)c2ccc(C#N)cc2)CC1. The van der Waals surface area contributed by atoms with Gasteiger partial charge in [0.25, 0.3) is 5.91 Å². The Labute approximate surface area is 181 Å². The molecule has 1 N–H and O–H groups in total. The molecule has 2 aliphatic heterocycles. The summed E-state index contributed by atoms with van der Waals surface area (Å²) in [6.07, 6.45) is 5.35. The van der Waals surface area contributed by atoms with Crippen molar-refractivity contribution in [3.8, 4) is 11.9 Å². The molecule has 5 rings (SSSR count). The van der Waals surface area contributed by atoms with E-state index in [1.54, 1.807) is 24.3 Å². The highest BCUT2D eigenvalue weighted by Gasteiger charge is 2.44. The zero-order valence-electron chi connectivity index (χ0n) is 17.7. The Morgan fingerprint density at radius 3 is 2.58 bits per heavy atom. The van der Waals surface area contributed by atoms with Gasteiger partial charge in [-0.3, -0.25) is 9.36 Å². The molecule has 1 fully saturated rings. The van der Waals surface area contributed by atoms with Crippen molar-refractivity contribution in [2.24, 2.45) is 0 Å². The van der Waals surface area contributed by atoms with Crippen LogP contribution in [0.5, 0.6) is 0 Å². The van der Waals surface area contributed by atoms with Crippen molar-refractivity contribution < 1.29 is 4.79 Å².